The van der Waals surface area contributed by atoms with E-state index in [1.807, 2.05) is 31.3 Å². The normalized spacial score (nSPS) is 19.3. The van der Waals surface area contributed by atoms with Gasteiger partial charge in [-0.25, -0.2) is 9.97 Å². The van der Waals surface area contributed by atoms with Crippen LogP contribution < -0.4 is 10.2 Å². The van der Waals surface area contributed by atoms with Gasteiger partial charge in [-0.15, -0.1) is 0 Å². The SMILES string of the molecule is CNCC1CCN(c2nc3ccccc3nc2C)C1. The van der Waals surface area contributed by atoms with Crippen molar-refractivity contribution in [2.24, 2.45) is 5.92 Å². The number of nitrogens with one attached hydrogen (secondary N) is 1. The summed E-state index contributed by atoms with van der Waals surface area (Å²) in [6.07, 6.45) is 1.23. The van der Waals surface area contributed by atoms with Gasteiger partial charge in [0.25, 0.3) is 0 Å². The number of aromatic nitrogens is 2. The maximum atomic E-state index is 4.79. The molecule has 1 atom stereocenters. The average molecular weight is 256 g/mol. The molecule has 0 spiro atoms. The number of rotatable bonds is 3. The van der Waals surface area contributed by atoms with E-state index >= 15 is 0 Å². The quantitative estimate of drug-likeness (QED) is 0.911. The number of hydrogen-bond acceptors (Lipinski definition) is 4. The molecule has 1 unspecified atom stereocenters. The molecule has 0 bridgehead atoms. The summed E-state index contributed by atoms with van der Waals surface area (Å²) in [5, 5.41) is 3.26. The fraction of sp³-hybridized carbons (Fsp3) is 0.467. The first-order valence-electron chi connectivity index (χ1n) is 6.91. The van der Waals surface area contributed by atoms with E-state index < -0.39 is 0 Å². The fourth-order valence-corrected chi connectivity index (χ4v) is 2.86. The van der Waals surface area contributed by atoms with Crippen molar-refractivity contribution in [3.8, 4) is 0 Å². The monoisotopic (exact) mass is 256 g/mol. The van der Waals surface area contributed by atoms with Gasteiger partial charge in [0.15, 0.2) is 5.82 Å². The number of nitrogens with zero attached hydrogens (tertiary/aromatic N) is 3. The van der Waals surface area contributed by atoms with E-state index in [9.17, 15) is 0 Å². The van der Waals surface area contributed by atoms with E-state index in [-0.39, 0.29) is 0 Å². The van der Waals surface area contributed by atoms with E-state index in [1.54, 1.807) is 0 Å². The molecule has 100 valence electrons. The van der Waals surface area contributed by atoms with Crippen LogP contribution in [0.3, 0.4) is 0 Å². The lowest BCUT2D eigenvalue weighted by Crippen LogP contribution is -2.25. The minimum atomic E-state index is 0.720. The van der Waals surface area contributed by atoms with Gasteiger partial charge in [-0.05, 0) is 45.0 Å². The molecule has 0 aliphatic carbocycles. The Bertz CT molecular complexity index is 581. The summed E-state index contributed by atoms with van der Waals surface area (Å²) in [7, 11) is 2.02. The van der Waals surface area contributed by atoms with Crippen molar-refractivity contribution >= 4 is 16.9 Å². The Labute approximate surface area is 113 Å². The maximum absolute atomic E-state index is 4.79. The maximum Gasteiger partial charge on any atom is 0.150 e. The highest BCUT2D eigenvalue weighted by atomic mass is 15.2. The van der Waals surface area contributed by atoms with Crippen molar-refractivity contribution in [2.75, 3.05) is 31.6 Å². The Balaban J connectivity index is 1.90. The Morgan fingerprint density at radius 2 is 2.00 bits per heavy atom. The molecule has 4 heteroatoms. The molecule has 1 aliphatic rings. The summed E-state index contributed by atoms with van der Waals surface area (Å²) in [5.41, 5.74) is 3.00. The van der Waals surface area contributed by atoms with E-state index in [0.717, 1.165) is 48.1 Å². The fourth-order valence-electron chi connectivity index (χ4n) is 2.86. The smallest absolute Gasteiger partial charge is 0.150 e. The number of fused-ring (bicyclic) bond motifs is 1. The summed E-state index contributed by atoms with van der Waals surface area (Å²) in [6, 6.07) is 8.08. The molecule has 3 rings (SSSR count). The van der Waals surface area contributed by atoms with Crippen molar-refractivity contribution in [3.05, 3.63) is 30.0 Å². The van der Waals surface area contributed by atoms with Gasteiger partial charge in [-0.3, -0.25) is 0 Å². The molecule has 19 heavy (non-hydrogen) atoms. The lowest BCUT2D eigenvalue weighted by atomic mass is 10.1. The predicted octanol–water partition coefficient (Wildman–Crippen LogP) is 1.98. The number of aryl methyl sites for hydroxylation is 1. The average Bonchev–Trinajstić information content (AvgIpc) is 2.87. The Morgan fingerprint density at radius 1 is 1.26 bits per heavy atom. The van der Waals surface area contributed by atoms with Crippen molar-refractivity contribution in [1.29, 1.82) is 0 Å². The van der Waals surface area contributed by atoms with Gasteiger partial charge in [0, 0.05) is 13.1 Å². The molecule has 1 aromatic heterocycles. The summed E-state index contributed by atoms with van der Waals surface area (Å²) in [6.45, 7) is 5.30. The van der Waals surface area contributed by atoms with Crippen LogP contribution in [0, 0.1) is 12.8 Å². The number of anilines is 1. The zero-order valence-electron chi connectivity index (χ0n) is 11.6. The van der Waals surface area contributed by atoms with Crippen LogP contribution in [0.1, 0.15) is 12.1 Å². The van der Waals surface area contributed by atoms with Crippen molar-refractivity contribution in [1.82, 2.24) is 15.3 Å². The highest BCUT2D eigenvalue weighted by Crippen LogP contribution is 2.25. The van der Waals surface area contributed by atoms with Crippen LogP contribution in [0.5, 0.6) is 0 Å². The molecule has 2 heterocycles. The molecule has 1 saturated heterocycles. The molecule has 0 saturated carbocycles. The molecule has 1 aliphatic heterocycles. The van der Waals surface area contributed by atoms with Gasteiger partial charge < -0.3 is 10.2 Å². The topological polar surface area (TPSA) is 41.0 Å². The molecule has 2 aromatic rings. The molecule has 1 aromatic carbocycles. The van der Waals surface area contributed by atoms with E-state index in [1.165, 1.54) is 6.42 Å². The van der Waals surface area contributed by atoms with Crippen molar-refractivity contribution in [2.45, 2.75) is 13.3 Å². The Kier molecular flexibility index (Phi) is 3.34. The van der Waals surface area contributed by atoms with Gasteiger partial charge in [-0.1, -0.05) is 12.1 Å². The van der Waals surface area contributed by atoms with Crippen LogP contribution in [-0.4, -0.2) is 36.6 Å². The van der Waals surface area contributed by atoms with Gasteiger partial charge in [0.1, 0.15) is 0 Å². The summed E-state index contributed by atoms with van der Waals surface area (Å²) in [5.74, 6) is 1.77. The first kappa shape index (κ1) is 12.4. The third-order valence-corrected chi connectivity index (χ3v) is 3.80. The van der Waals surface area contributed by atoms with Gasteiger partial charge in [-0.2, -0.15) is 0 Å². The zero-order chi connectivity index (χ0) is 13.2. The van der Waals surface area contributed by atoms with Crippen LogP contribution in [0.4, 0.5) is 5.82 Å². The standard InChI is InChI=1S/C15H20N4/c1-11-15(19-8-7-12(10-19)9-16-2)18-14-6-4-3-5-13(14)17-11/h3-6,12,16H,7-10H2,1-2H3. The molecule has 1 fully saturated rings. The van der Waals surface area contributed by atoms with Gasteiger partial charge in [0.05, 0.1) is 16.7 Å². The van der Waals surface area contributed by atoms with E-state index in [2.05, 4.69) is 22.1 Å². The second-order valence-electron chi connectivity index (χ2n) is 5.28. The predicted molar refractivity (Wildman–Crippen MR) is 78.5 cm³/mol. The van der Waals surface area contributed by atoms with Crippen LogP contribution in [-0.2, 0) is 0 Å². The van der Waals surface area contributed by atoms with Crippen LogP contribution in [0.15, 0.2) is 24.3 Å². The van der Waals surface area contributed by atoms with E-state index in [4.69, 9.17) is 4.98 Å². The summed E-state index contributed by atoms with van der Waals surface area (Å²) < 4.78 is 0. The molecule has 1 N–H and O–H groups in total. The van der Waals surface area contributed by atoms with Gasteiger partial charge in [0.2, 0.25) is 0 Å². The number of benzene rings is 1. The molecule has 4 nitrogen and oxygen atoms in total. The minimum Gasteiger partial charge on any atom is -0.355 e. The molecule has 0 radical (unpaired) electrons. The van der Waals surface area contributed by atoms with Crippen LogP contribution >= 0.6 is 0 Å². The second kappa shape index (κ2) is 5.13. The Morgan fingerprint density at radius 3 is 2.74 bits per heavy atom. The number of hydrogen-bond donors (Lipinski definition) is 1. The van der Waals surface area contributed by atoms with Crippen LogP contribution in [0.2, 0.25) is 0 Å². The molecule has 0 amide bonds. The minimum absolute atomic E-state index is 0.720. The summed E-state index contributed by atoms with van der Waals surface area (Å²) >= 11 is 0. The summed E-state index contributed by atoms with van der Waals surface area (Å²) in [4.78, 5) is 11.8. The van der Waals surface area contributed by atoms with Gasteiger partial charge >= 0.3 is 0 Å². The first-order valence-corrected chi connectivity index (χ1v) is 6.91. The highest BCUT2D eigenvalue weighted by molar-refractivity contribution is 5.76. The lowest BCUT2D eigenvalue weighted by Gasteiger charge is -2.19. The lowest BCUT2D eigenvalue weighted by molar-refractivity contribution is 0.549. The van der Waals surface area contributed by atoms with E-state index in [0.29, 0.717) is 0 Å². The second-order valence-corrected chi connectivity index (χ2v) is 5.28. The number of para-hydroxylation sites is 2. The molecular weight excluding hydrogens is 236 g/mol. The zero-order valence-corrected chi connectivity index (χ0v) is 11.6. The highest BCUT2D eigenvalue weighted by Gasteiger charge is 2.24. The Hall–Kier alpha value is -1.68. The van der Waals surface area contributed by atoms with Crippen molar-refractivity contribution < 1.29 is 0 Å². The third-order valence-electron chi connectivity index (χ3n) is 3.80. The molecular formula is C15H20N4. The van der Waals surface area contributed by atoms with Crippen molar-refractivity contribution in [3.63, 3.8) is 0 Å². The third kappa shape index (κ3) is 2.40. The largest absolute Gasteiger partial charge is 0.355 e. The van der Waals surface area contributed by atoms with Crippen LogP contribution in [0.25, 0.3) is 11.0 Å². The first-order chi connectivity index (χ1) is 9.28.